The van der Waals surface area contributed by atoms with Crippen LogP contribution in [-0.4, -0.2) is 29.4 Å². The van der Waals surface area contributed by atoms with Gasteiger partial charge in [0.2, 0.25) is 0 Å². The minimum Gasteiger partial charge on any atom is -0.392 e. The molecule has 1 atom stereocenters. The van der Waals surface area contributed by atoms with E-state index in [0.717, 1.165) is 36.8 Å². The molecule has 0 aromatic carbocycles. The molecule has 1 fully saturated rings. The van der Waals surface area contributed by atoms with Crippen molar-refractivity contribution in [3.05, 3.63) is 16.1 Å². The topological polar surface area (TPSA) is 42.4 Å². The highest BCUT2D eigenvalue weighted by Gasteiger charge is 2.22. The summed E-state index contributed by atoms with van der Waals surface area (Å²) >= 11 is 1.64. The lowest BCUT2D eigenvalue weighted by molar-refractivity contribution is 0.00837. The number of hydrogen-bond acceptors (Lipinski definition) is 4. The minimum atomic E-state index is -0.251. The van der Waals surface area contributed by atoms with Crippen molar-refractivity contribution >= 4 is 11.3 Å². The number of hydrogen-bond donors (Lipinski definition) is 1. The summed E-state index contributed by atoms with van der Waals surface area (Å²) in [5, 5.41) is 13.1. The van der Waals surface area contributed by atoms with E-state index >= 15 is 0 Å². The normalized spacial score (nSPS) is 20.4. The van der Waals surface area contributed by atoms with Gasteiger partial charge in [0.05, 0.1) is 11.1 Å². The highest BCUT2D eigenvalue weighted by molar-refractivity contribution is 7.09. The van der Waals surface area contributed by atoms with Crippen molar-refractivity contribution in [3.63, 3.8) is 0 Å². The van der Waals surface area contributed by atoms with Crippen LogP contribution >= 0.6 is 11.3 Å². The summed E-state index contributed by atoms with van der Waals surface area (Å²) in [5.74, 6) is 0.392. The van der Waals surface area contributed by atoms with E-state index in [0.29, 0.717) is 12.3 Å². The molecule has 3 nitrogen and oxygen atoms in total. The van der Waals surface area contributed by atoms with Gasteiger partial charge in [0.25, 0.3) is 0 Å². The third-order valence-electron chi connectivity index (χ3n) is 2.86. The number of aryl methyl sites for hydroxylation is 1. The largest absolute Gasteiger partial charge is 0.392 e. The average molecular weight is 227 g/mol. The van der Waals surface area contributed by atoms with E-state index in [2.05, 4.69) is 4.98 Å². The van der Waals surface area contributed by atoms with Gasteiger partial charge in [0.15, 0.2) is 0 Å². The Morgan fingerprint density at radius 3 is 2.93 bits per heavy atom. The average Bonchev–Trinajstić information content (AvgIpc) is 2.65. The Hall–Kier alpha value is -0.450. The third-order valence-corrected chi connectivity index (χ3v) is 3.85. The van der Waals surface area contributed by atoms with Crippen LogP contribution in [0.2, 0.25) is 0 Å². The Kier molecular flexibility index (Phi) is 3.72. The van der Waals surface area contributed by atoms with E-state index < -0.39 is 0 Å². The van der Waals surface area contributed by atoms with E-state index in [1.165, 1.54) is 0 Å². The SMILES string of the molecule is Cc1csc(CC(O)C2CCOCC2)n1. The monoisotopic (exact) mass is 227 g/mol. The molecule has 2 rings (SSSR count). The molecule has 1 N–H and O–H groups in total. The van der Waals surface area contributed by atoms with Gasteiger partial charge in [-0.2, -0.15) is 0 Å². The van der Waals surface area contributed by atoms with Crippen molar-refractivity contribution in [2.75, 3.05) is 13.2 Å². The predicted octanol–water partition coefficient (Wildman–Crippen LogP) is 1.78. The number of aliphatic hydroxyl groups excluding tert-OH is 1. The van der Waals surface area contributed by atoms with E-state index in [1.807, 2.05) is 12.3 Å². The molecule has 2 heterocycles. The van der Waals surface area contributed by atoms with Crippen LogP contribution in [0.3, 0.4) is 0 Å². The lowest BCUT2D eigenvalue weighted by Crippen LogP contribution is -2.28. The first-order chi connectivity index (χ1) is 7.25. The van der Waals surface area contributed by atoms with Crippen molar-refractivity contribution < 1.29 is 9.84 Å². The fourth-order valence-corrected chi connectivity index (χ4v) is 2.77. The van der Waals surface area contributed by atoms with Crippen LogP contribution in [0.1, 0.15) is 23.5 Å². The molecular formula is C11H17NO2S. The first kappa shape index (κ1) is 11.0. The molecule has 1 saturated heterocycles. The number of rotatable bonds is 3. The van der Waals surface area contributed by atoms with Crippen molar-refractivity contribution in [2.24, 2.45) is 5.92 Å². The van der Waals surface area contributed by atoms with E-state index in [1.54, 1.807) is 11.3 Å². The summed E-state index contributed by atoms with van der Waals surface area (Å²) in [6.07, 6.45) is 2.40. The highest BCUT2D eigenvalue weighted by Crippen LogP contribution is 2.22. The molecule has 0 spiro atoms. The number of aliphatic hydroxyl groups is 1. The standard InChI is InChI=1S/C11H17NO2S/c1-8-7-15-11(12-8)6-10(13)9-2-4-14-5-3-9/h7,9-10,13H,2-6H2,1H3. The molecule has 84 valence electrons. The Morgan fingerprint density at radius 1 is 1.60 bits per heavy atom. The van der Waals surface area contributed by atoms with E-state index in [-0.39, 0.29) is 6.10 Å². The first-order valence-corrected chi connectivity index (χ1v) is 6.30. The molecule has 4 heteroatoms. The fourth-order valence-electron chi connectivity index (χ4n) is 1.94. The molecule has 1 aromatic heterocycles. The van der Waals surface area contributed by atoms with Gasteiger partial charge in [0, 0.05) is 30.7 Å². The fraction of sp³-hybridized carbons (Fsp3) is 0.727. The van der Waals surface area contributed by atoms with Crippen LogP contribution in [0, 0.1) is 12.8 Å². The van der Waals surface area contributed by atoms with Crippen molar-refractivity contribution in [1.29, 1.82) is 0 Å². The van der Waals surface area contributed by atoms with Gasteiger partial charge in [-0.3, -0.25) is 0 Å². The maximum atomic E-state index is 10.0. The second-order valence-corrected chi connectivity index (χ2v) is 5.05. The Labute approximate surface area is 94.1 Å². The molecular weight excluding hydrogens is 210 g/mol. The molecule has 0 saturated carbocycles. The third kappa shape index (κ3) is 3.00. The van der Waals surface area contributed by atoms with Crippen LogP contribution in [0.25, 0.3) is 0 Å². The van der Waals surface area contributed by atoms with Crippen LogP contribution in [0.4, 0.5) is 0 Å². The van der Waals surface area contributed by atoms with Crippen molar-refractivity contribution in [3.8, 4) is 0 Å². The highest BCUT2D eigenvalue weighted by atomic mass is 32.1. The van der Waals surface area contributed by atoms with Crippen LogP contribution in [0.5, 0.6) is 0 Å². The molecule has 15 heavy (non-hydrogen) atoms. The van der Waals surface area contributed by atoms with Gasteiger partial charge in [-0.25, -0.2) is 4.98 Å². The van der Waals surface area contributed by atoms with Gasteiger partial charge in [-0.15, -0.1) is 11.3 Å². The zero-order chi connectivity index (χ0) is 10.7. The van der Waals surface area contributed by atoms with Gasteiger partial charge < -0.3 is 9.84 Å². The molecule has 1 aliphatic heterocycles. The summed E-state index contributed by atoms with van der Waals surface area (Å²) in [4.78, 5) is 4.37. The lowest BCUT2D eigenvalue weighted by atomic mass is 9.92. The number of ether oxygens (including phenoxy) is 1. The summed E-state index contributed by atoms with van der Waals surface area (Å²) < 4.78 is 5.28. The lowest BCUT2D eigenvalue weighted by Gasteiger charge is -2.26. The Balaban J connectivity index is 1.88. The van der Waals surface area contributed by atoms with Crippen LogP contribution in [-0.2, 0) is 11.2 Å². The van der Waals surface area contributed by atoms with E-state index in [4.69, 9.17) is 4.74 Å². The van der Waals surface area contributed by atoms with E-state index in [9.17, 15) is 5.11 Å². The summed E-state index contributed by atoms with van der Waals surface area (Å²) in [7, 11) is 0. The summed E-state index contributed by atoms with van der Waals surface area (Å²) in [6.45, 7) is 3.57. The van der Waals surface area contributed by atoms with Gasteiger partial charge in [-0.05, 0) is 25.7 Å². The van der Waals surface area contributed by atoms with Crippen LogP contribution in [0.15, 0.2) is 5.38 Å². The summed E-state index contributed by atoms with van der Waals surface area (Å²) in [5.41, 5.74) is 1.05. The molecule has 0 amide bonds. The second-order valence-electron chi connectivity index (χ2n) is 4.10. The van der Waals surface area contributed by atoms with Gasteiger partial charge in [-0.1, -0.05) is 0 Å². The predicted molar refractivity (Wildman–Crippen MR) is 60.1 cm³/mol. The van der Waals surface area contributed by atoms with Crippen molar-refractivity contribution in [2.45, 2.75) is 32.3 Å². The Morgan fingerprint density at radius 2 is 2.33 bits per heavy atom. The molecule has 0 aliphatic carbocycles. The smallest absolute Gasteiger partial charge is 0.0954 e. The zero-order valence-electron chi connectivity index (χ0n) is 8.98. The first-order valence-electron chi connectivity index (χ1n) is 5.42. The van der Waals surface area contributed by atoms with Gasteiger partial charge in [0.1, 0.15) is 0 Å². The molecule has 0 bridgehead atoms. The van der Waals surface area contributed by atoms with Gasteiger partial charge >= 0.3 is 0 Å². The Bertz CT molecular complexity index is 307. The molecule has 1 aromatic rings. The number of nitrogens with zero attached hydrogens (tertiary/aromatic N) is 1. The maximum absolute atomic E-state index is 10.0. The molecule has 1 aliphatic rings. The number of thiazole rings is 1. The molecule has 1 unspecified atom stereocenters. The second kappa shape index (κ2) is 5.05. The number of aromatic nitrogens is 1. The summed E-state index contributed by atoms with van der Waals surface area (Å²) in [6, 6.07) is 0. The maximum Gasteiger partial charge on any atom is 0.0954 e. The zero-order valence-corrected chi connectivity index (χ0v) is 9.80. The minimum absolute atomic E-state index is 0.251. The quantitative estimate of drug-likeness (QED) is 0.856. The molecule has 0 radical (unpaired) electrons. The van der Waals surface area contributed by atoms with Crippen molar-refractivity contribution in [1.82, 2.24) is 4.98 Å². The van der Waals surface area contributed by atoms with Crippen LogP contribution < -0.4 is 0 Å².